The van der Waals surface area contributed by atoms with Gasteiger partial charge in [0.25, 0.3) is 5.91 Å². The molecule has 2 amide bonds. The molecule has 1 fully saturated rings. The Morgan fingerprint density at radius 1 is 1.08 bits per heavy atom. The van der Waals surface area contributed by atoms with E-state index in [9.17, 15) is 19.5 Å². The number of benzene rings is 2. The summed E-state index contributed by atoms with van der Waals surface area (Å²) in [4.78, 5) is 41.7. The number of thiophene rings is 1. The van der Waals surface area contributed by atoms with E-state index in [-0.39, 0.29) is 23.2 Å². The summed E-state index contributed by atoms with van der Waals surface area (Å²) in [7, 11) is 0. The third-order valence-electron chi connectivity index (χ3n) is 7.02. The van der Waals surface area contributed by atoms with Crippen LogP contribution in [0.2, 0.25) is 0 Å². The van der Waals surface area contributed by atoms with E-state index in [4.69, 9.17) is 12.2 Å². The number of carbonyl (C=O) groups is 3. The van der Waals surface area contributed by atoms with Crippen molar-refractivity contribution in [2.24, 2.45) is 0 Å². The molecular weight excluding hydrogens is 572 g/mol. The van der Waals surface area contributed by atoms with Crippen LogP contribution in [0.1, 0.15) is 41.3 Å². The molecule has 190 valence electrons. The van der Waals surface area contributed by atoms with Crippen LogP contribution in [-0.2, 0) is 27.2 Å². The van der Waals surface area contributed by atoms with Gasteiger partial charge >= 0.3 is 5.97 Å². The molecule has 0 unspecified atom stereocenters. The minimum Gasteiger partial charge on any atom is -0.480 e. The summed E-state index contributed by atoms with van der Waals surface area (Å²) in [5, 5.41) is 12.8. The highest BCUT2D eigenvalue weighted by molar-refractivity contribution is 9.11. The number of rotatable bonds is 6. The number of aliphatic carboxylic acids is 1. The number of nitrogens with zero attached hydrogens (tertiary/aromatic N) is 1. The zero-order chi connectivity index (χ0) is 26.1. The summed E-state index contributed by atoms with van der Waals surface area (Å²) in [5.41, 5.74) is 3.94. The van der Waals surface area contributed by atoms with E-state index in [1.807, 2.05) is 54.6 Å². The van der Waals surface area contributed by atoms with Crippen molar-refractivity contribution < 1.29 is 19.5 Å². The van der Waals surface area contributed by atoms with Crippen LogP contribution < -0.4 is 5.32 Å². The smallest absolute Gasteiger partial charge is 0.326 e. The van der Waals surface area contributed by atoms with E-state index in [0.717, 1.165) is 30.9 Å². The number of piperidine rings is 1. The highest BCUT2D eigenvalue weighted by atomic mass is 79.9. The molecule has 0 aliphatic carbocycles. The summed E-state index contributed by atoms with van der Waals surface area (Å²) < 4.78 is 0.951. The Kier molecular flexibility index (Phi) is 7.55. The number of thiocarbonyl (C=S) groups is 1. The normalized spacial score (nSPS) is 20.9. The summed E-state index contributed by atoms with van der Waals surface area (Å²) >= 11 is 10.3. The zero-order valence-corrected chi connectivity index (χ0v) is 23.1. The highest BCUT2D eigenvalue weighted by Gasteiger charge is 2.44. The third kappa shape index (κ3) is 5.39. The van der Waals surface area contributed by atoms with E-state index in [0.29, 0.717) is 25.7 Å². The number of carbonyl (C=O) groups excluding carboxylic acids is 2. The third-order valence-corrected chi connectivity index (χ3v) is 8.98. The lowest BCUT2D eigenvalue weighted by Crippen LogP contribution is -2.56. The van der Waals surface area contributed by atoms with Gasteiger partial charge in [0.2, 0.25) is 5.91 Å². The fourth-order valence-corrected chi connectivity index (χ4v) is 7.08. The molecule has 37 heavy (non-hydrogen) atoms. The monoisotopic (exact) mass is 596 g/mol. The molecule has 2 aromatic carbocycles. The Morgan fingerprint density at radius 3 is 2.57 bits per heavy atom. The molecule has 6 nitrogen and oxygen atoms in total. The fraction of sp³-hybridized carbons (Fsp3) is 0.286. The molecule has 0 spiro atoms. The maximum Gasteiger partial charge on any atom is 0.326 e. The standard InChI is InChI=1S/C28H25BrN2O4S2/c29-25-12-11-19(37-25)15-24(36)26(32)30-21-14-18-10-9-17(16-5-2-1-3-6-16)13-20(18)22-7-4-8-23(28(34)35)31(22)27(21)33/h1-3,5-6,9-13,21-23H,4,7-8,14-15H2,(H,30,32)(H,34,35)/t21-,22+,23-/m0/s1. The quantitative estimate of drug-likeness (QED) is 0.375. The lowest BCUT2D eigenvalue weighted by atomic mass is 9.87. The Bertz CT molecular complexity index is 1370. The van der Waals surface area contributed by atoms with Crippen LogP contribution in [0, 0.1) is 0 Å². The van der Waals surface area contributed by atoms with Crippen molar-refractivity contribution in [3.05, 3.63) is 80.5 Å². The second-order valence-electron chi connectivity index (χ2n) is 9.36. The lowest BCUT2D eigenvalue weighted by molar-refractivity contribution is -0.156. The van der Waals surface area contributed by atoms with E-state index in [2.05, 4.69) is 27.3 Å². The van der Waals surface area contributed by atoms with Crippen LogP contribution >= 0.6 is 39.5 Å². The molecule has 5 rings (SSSR count). The van der Waals surface area contributed by atoms with Gasteiger partial charge < -0.3 is 15.3 Å². The van der Waals surface area contributed by atoms with Gasteiger partial charge in [-0.2, -0.15) is 0 Å². The van der Waals surface area contributed by atoms with Gasteiger partial charge in [-0.1, -0.05) is 54.7 Å². The van der Waals surface area contributed by atoms with Crippen molar-refractivity contribution in [1.29, 1.82) is 0 Å². The molecule has 1 aromatic heterocycles. The summed E-state index contributed by atoms with van der Waals surface area (Å²) in [6.45, 7) is 0. The zero-order valence-electron chi connectivity index (χ0n) is 19.9. The minimum absolute atomic E-state index is 0.191. The van der Waals surface area contributed by atoms with E-state index < -0.39 is 24.0 Å². The first-order chi connectivity index (χ1) is 17.8. The molecule has 1 saturated heterocycles. The van der Waals surface area contributed by atoms with Gasteiger partial charge in [0, 0.05) is 17.7 Å². The van der Waals surface area contributed by atoms with Crippen molar-refractivity contribution in [2.45, 2.75) is 50.2 Å². The van der Waals surface area contributed by atoms with Crippen LogP contribution in [0.25, 0.3) is 11.1 Å². The van der Waals surface area contributed by atoms with Gasteiger partial charge in [0.05, 0.1) is 14.7 Å². The Hall–Kier alpha value is -2.88. The number of hydrogen-bond acceptors (Lipinski definition) is 5. The Balaban J connectivity index is 1.48. The predicted octanol–water partition coefficient (Wildman–Crippen LogP) is 5.34. The molecule has 3 aromatic rings. The van der Waals surface area contributed by atoms with Crippen LogP contribution in [0.5, 0.6) is 0 Å². The molecule has 3 heterocycles. The highest BCUT2D eigenvalue weighted by Crippen LogP contribution is 2.41. The lowest BCUT2D eigenvalue weighted by Gasteiger charge is -2.40. The molecule has 0 radical (unpaired) electrons. The number of hydrogen-bond donors (Lipinski definition) is 2. The number of carboxylic acid groups (broad SMARTS) is 1. The van der Waals surface area contributed by atoms with Crippen molar-refractivity contribution >= 4 is 62.1 Å². The fourth-order valence-electron chi connectivity index (χ4n) is 5.28. The van der Waals surface area contributed by atoms with Crippen LogP contribution in [0.15, 0.2) is 64.5 Å². The summed E-state index contributed by atoms with van der Waals surface area (Å²) in [5.74, 6) is -1.86. The van der Waals surface area contributed by atoms with E-state index in [1.165, 1.54) is 16.2 Å². The first-order valence-electron chi connectivity index (χ1n) is 12.1. The average molecular weight is 598 g/mol. The largest absolute Gasteiger partial charge is 0.480 e. The van der Waals surface area contributed by atoms with Gasteiger partial charge in [-0.05, 0) is 75.6 Å². The molecule has 0 saturated carbocycles. The maximum absolute atomic E-state index is 13.8. The van der Waals surface area contributed by atoms with E-state index >= 15 is 0 Å². The topological polar surface area (TPSA) is 86.7 Å². The molecule has 2 aliphatic heterocycles. The second kappa shape index (κ2) is 10.8. The SMILES string of the molecule is O=C(N[C@H]1Cc2ccc(-c3ccccc3)cc2[C@H]2CCC[C@@H](C(=O)O)N2C1=O)C(=S)Cc1ccc(Br)s1. The Labute approximate surface area is 232 Å². The van der Waals surface area contributed by atoms with Crippen molar-refractivity contribution in [2.75, 3.05) is 0 Å². The summed E-state index contributed by atoms with van der Waals surface area (Å²) in [6, 6.07) is 17.7. The summed E-state index contributed by atoms with van der Waals surface area (Å²) in [6.07, 6.45) is 2.35. The Morgan fingerprint density at radius 2 is 1.86 bits per heavy atom. The molecule has 2 N–H and O–H groups in total. The number of nitrogens with one attached hydrogen (secondary N) is 1. The van der Waals surface area contributed by atoms with Crippen molar-refractivity contribution in [3.63, 3.8) is 0 Å². The second-order valence-corrected chi connectivity index (χ2v) is 12.4. The predicted molar refractivity (Wildman–Crippen MR) is 151 cm³/mol. The first-order valence-corrected chi connectivity index (χ1v) is 14.1. The number of halogens is 1. The number of fused-ring (bicyclic) bond motifs is 3. The molecule has 9 heteroatoms. The van der Waals surface area contributed by atoms with Crippen LogP contribution in [0.4, 0.5) is 0 Å². The number of carboxylic acids is 1. The number of amides is 2. The van der Waals surface area contributed by atoms with Gasteiger partial charge in [0.1, 0.15) is 12.1 Å². The van der Waals surface area contributed by atoms with Crippen LogP contribution in [-0.4, -0.2) is 44.7 Å². The first kappa shape index (κ1) is 25.8. The van der Waals surface area contributed by atoms with Gasteiger partial charge in [-0.15, -0.1) is 11.3 Å². The average Bonchev–Trinajstić information content (AvgIpc) is 3.27. The van der Waals surface area contributed by atoms with Gasteiger partial charge in [0.15, 0.2) is 0 Å². The molecule has 3 atom stereocenters. The van der Waals surface area contributed by atoms with E-state index in [1.54, 1.807) is 0 Å². The van der Waals surface area contributed by atoms with Gasteiger partial charge in [-0.3, -0.25) is 9.59 Å². The molecule has 2 aliphatic rings. The maximum atomic E-state index is 13.8. The molecular formula is C28H25BrN2O4S2. The van der Waals surface area contributed by atoms with Crippen molar-refractivity contribution in [3.8, 4) is 11.1 Å². The molecule has 0 bridgehead atoms. The van der Waals surface area contributed by atoms with Gasteiger partial charge in [-0.25, -0.2) is 4.79 Å². The minimum atomic E-state index is -1.02. The van der Waals surface area contributed by atoms with Crippen molar-refractivity contribution in [1.82, 2.24) is 10.2 Å². The van der Waals surface area contributed by atoms with Crippen LogP contribution in [0.3, 0.4) is 0 Å².